The Kier molecular flexibility index (Phi) is 4.53. The van der Waals surface area contributed by atoms with Crippen molar-refractivity contribution in [3.8, 4) is 0 Å². The molecule has 0 aliphatic carbocycles. The minimum atomic E-state index is -0.445. The zero-order valence-corrected chi connectivity index (χ0v) is 10.5. The van der Waals surface area contributed by atoms with Gasteiger partial charge in [0.1, 0.15) is 0 Å². The Morgan fingerprint density at radius 3 is 2.50 bits per heavy atom. The molecule has 1 N–H and O–H groups in total. The maximum atomic E-state index is 10.8. The number of nitro benzene ring substituents is 1. The molecule has 4 nitrogen and oxygen atoms in total. The summed E-state index contributed by atoms with van der Waals surface area (Å²) < 4.78 is 0. The molecular weight excluding hydrogens is 251 g/mol. The van der Waals surface area contributed by atoms with Crippen LogP contribution in [0.25, 0.3) is 0 Å². The van der Waals surface area contributed by atoms with Crippen LogP contribution in [0, 0.1) is 10.1 Å². The van der Waals surface area contributed by atoms with E-state index in [-0.39, 0.29) is 16.8 Å². The number of nitro groups is 1. The van der Waals surface area contributed by atoms with Crippen LogP contribution < -0.4 is 5.32 Å². The molecular formula is C10H12Cl2N2O2. The molecule has 1 rings (SSSR count). The average molecular weight is 263 g/mol. The Balaban J connectivity index is 3.14. The maximum absolute atomic E-state index is 10.8. The normalized spacial score (nSPS) is 12.5. The molecule has 0 spiro atoms. The van der Waals surface area contributed by atoms with Gasteiger partial charge in [-0.2, -0.15) is 0 Å². The van der Waals surface area contributed by atoms with E-state index in [0.29, 0.717) is 17.0 Å². The zero-order valence-electron chi connectivity index (χ0n) is 8.96. The van der Waals surface area contributed by atoms with Crippen molar-refractivity contribution in [2.24, 2.45) is 0 Å². The Bertz CT molecular complexity index is 410. The topological polar surface area (TPSA) is 55.2 Å². The summed E-state index contributed by atoms with van der Waals surface area (Å²) in [4.78, 5) is 10.4. The van der Waals surface area contributed by atoms with Gasteiger partial charge in [0.05, 0.1) is 15.0 Å². The molecule has 1 atom stereocenters. The molecule has 16 heavy (non-hydrogen) atoms. The van der Waals surface area contributed by atoms with E-state index in [2.05, 4.69) is 5.32 Å². The number of likely N-dealkylation sites (N-methyl/N-ethyl adjacent to an activating group) is 1. The summed E-state index contributed by atoms with van der Waals surface area (Å²) in [6.07, 6.45) is 0.531. The van der Waals surface area contributed by atoms with Gasteiger partial charge >= 0.3 is 0 Å². The molecule has 0 heterocycles. The molecule has 88 valence electrons. The third-order valence-corrected chi connectivity index (χ3v) is 3.06. The summed E-state index contributed by atoms with van der Waals surface area (Å²) in [5, 5.41) is 14.4. The molecule has 0 aromatic heterocycles. The number of benzene rings is 1. The molecule has 6 heteroatoms. The second kappa shape index (κ2) is 5.48. The van der Waals surface area contributed by atoms with E-state index in [9.17, 15) is 10.1 Å². The number of halogens is 2. The van der Waals surface area contributed by atoms with Gasteiger partial charge in [-0.15, -0.1) is 0 Å². The molecule has 0 radical (unpaired) electrons. The van der Waals surface area contributed by atoms with Gasteiger partial charge in [0.25, 0.3) is 5.69 Å². The van der Waals surface area contributed by atoms with Crippen LogP contribution in [0.3, 0.4) is 0 Å². The molecule has 0 fully saturated rings. The van der Waals surface area contributed by atoms with Crippen LogP contribution in [0.15, 0.2) is 12.1 Å². The highest BCUT2D eigenvalue weighted by molar-refractivity contribution is 6.42. The SMILES string of the molecule is CNC(C)Cc1cc(Cl)c(Cl)cc1[N+](=O)[O-]. The van der Waals surface area contributed by atoms with Gasteiger partial charge < -0.3 is 5.32 Å². The van der Waals surface area contributed by atoms with Crippen LogP contribution in [-0.4, -0.2) is 18.0 Å². The molecule has 1 aromatic rings. The van der Waals surface area contributed by atoms with Gasteiger partial charge in [0.2, 0.25) is 0 Å². The Labute approximate surface area is 104 Å². The lowest BCUT2D eigenvalue weighted by Crippen LogP contribution is -2.23. The lowest BCUT2D eigenvalue weighted by atomic mass is 10.1. The summed E-state index contributed by atoms with van der Waals surface area (Å²) in [6.45, 7) is 1.94. The fourth-order valence-corrected chi connectivity index (χ4v) is 1.69. The summed E-state index contributed by atoms with van der Waals surface area (Å²) >= 11 is 11.6. The van der Waals surface area contributed by atoms with Gasteiger partial charge in [-0.3, -0.25) is 10.1 Å². The highest BCUT2D eigenvalue weighted by Crippen LogP contribution is 2.31. The summed E-state index contributed by atoms with van der Waals surface area (Å²) in [6, 6.07) is 2.98. The van der Waals surface area contributed by atoms with Crippen LogP contribution in [0.4, 0.5) is 5.69 Å². The molecule has 0 saturated carbocycles. The van der Waals surface area contributed by atoms with Gasteiger partial charge in [0.15, 0.2) is 0 Å². The fourth-order valence-electron chi connectivity index (χ4n) is 1.34. The number of nitrogens with zero attached hydrogens (tertiary/aromatic N) is 1. The molecule has 0 amide bonds. The highest BCUT2D eigenvalue weighted by atomic mass is 35.5. The summed E-state index contributed by atoms with van der Waals surface area (Å²) in [5.41, 5.74) is 0.595. The van der Waals surface area contributed by atoms with Crippen LogP contribution in [-0.2, 0) is 6.42 Å². The number of hydrogen-bond donors (Lipinski definition) is 1. The van der Waals surface area contributed by atoms with Gasteiger partial charge in [0, 0.05) is 17.7 Å². The maximum Gasteiger partial charge on any atom is 0.274 e. The first-order valence-electron chi connectivity index (χ1n) is 4.75. The van der Waals surface area contributed by atoms with Crippen LogP contribution in [0.5, 0.6) is 0 Å². The van der Waals surface area contributed by atoms with Crippen molar-refractivity contribution in [1.29, 1.82) is 0 Å². The number of nitrogens with one attached hydrogen (secondary N) is 1. The number of hydrogen-bond acceptors (Lipinski definition) is 3. The summed E-state index contributed by atoms with van der Waals surface area (Å²) in [7, 11) is 1.80. The van der Waals surface area contributed by atoms with E-state index in [4.69, 9.17) is 23.2 Å². The lowest BCUT2D eigenvalue weighted by Gasteiger charge is -2.11. The van der Waals surface area contributed by atoms with Crippen molar-refractivity contribution in [1.82, 2.24) is 5.32 Å². The zero-order chi connectivity index (χ0) is 12.3. The van der Waals surface area contributed by atoms with Crippen LogP contribution >= 0.6 is 23.2 Å². The smallest absolute Gasteiger partial charge is 0.274 e. The van der Waals surface area contributed by atoms with Crippen LogP contribution in [0.1, 0.15) is 12.5 Å². The molecule has 1 unspecified atom stereocenters. The van der Waals surface area contributed by atoms with Gasteiger partial charge in [-0.25, -0.2) is 0 Å². The molecule has 1 aromatic carbocycles. The van der Waals surface area contributed by atoms with E-state index in [0.717, 1.165) is 0 Å². The van der Waals surface area contributed by atoms with Gasteiger partial charge in [-0.05, 0) is 26.5 Å². The first kappa shape index (κ1) is 13.2. The van der Waals surface area contributed by atoms with E-state index in [1.807, 2.05) is 6.92 Å². The third kappa shape index (κ3) is 3.07. The molecule has 0 saturated heterocycles. The van der Waals surface area contributed by atoms with Crippen molar-refractivity contribution in [3.63, 3.8) is 0 Å². The third-order valence-electron chi connectivity index (χ3n) is 2.34. The Morgan fingerprint density at radius 1 is 1.44 bits per heavy atom. The fraction of sp³-hybridized carbons (Fsp3) is 0.400. The second-order valence-corrected chi connectivity index (χ2v) is 4.36. The predicted octanol–water partition coefficient (Wildman–Crippen LogP) is 3.05. The first-order chi connectivity index (χ1) is 7.45. The average Bonchev–Trinajstić information content (AvgIpc) is 2.22. The Morgan fingerprint density at radius 2 is 2.00 bits per heavy atom. The van der Waals surface area contributed by atoms with E-state index >= 15 is 0 Å². The first-order valence-corrected chi connectivity index (χ1v) is 5.51. The largest absolute Gasteiger partial charge is 0.317 e. The van der Waals surface area contributed by atoms with Crippen molar-refractivity contribution >= 4 is 28.9 Å². The second-order valence-electron chi connectivity index (χ2n) is 3.55. The van der Waals surface area contributed by atoms with Crippen molar-refractivity contribution in [3.05, 3.63) is 37.9 Å². The molecule has 0 aliphatic heterocycles. The minimum Gasteiger partial charge on any atom is -0.317 e. The monoisotopic (exact) mass is 262 g/mol. The van der Waals surface area contributed by atoms with Gasteiger partial charge in [-0.1, -0.05) is 23.2 Å². The molecule has 0 aliphatic rings. The minimum absolute atomic E-state index is 0.0106. The Hall–Kier alpha value is -0.840. The van der Waals surface area contributed by atoms with Crippen molar-refractivity contribution in [2.45, 2.75) is 19.4 Å². The standard InChI is InChI=1S/C10H12Cl2N2O2/c1-6(13-2)3-7-4-8(11)9(12)5-10(7)14(15)16/h4-6,13H,3H2,1-2H3. The van der Waals surface area contributed by atoms with Crippen molar-refractivity contribution < 1.29 is 4.92 Å². The van der Waals surface area contributed by atoms with E-state index in [1.54, 1.807) is 13.1 Å². The highest BCUT2D eigenvalue weighted by Gasteiger charge is 2.18. The quantitative estimate of drug-likeness (QED) is 0.671. The van der Waals surface area contributed by atoms with E-state index < -0.39 is 4.92 Å². The summed E-state index contributed by atoms with van der Waals surface area (Å²) in [5.74, 6) is 0. The molecule has 0 bridgehead atoms. The van der Waals surface area contributed by atoms with Crippen LogP contribution in [0.2, 0.25) is 10.0 Å². The van der Waals surface area contributed by atoms with Crippen molar-refractivity contribution in [2.75, 3.05) is 7.05 Å². The predicted molar refractivity (Wildman–Crippen MR) is 65.3 cm³/mol. The lowest BCUT2D eigenvalue weighted by molar-refractivity contribution is -0.385. The number of rotatable bonds is 4. The van der Waals surface area contributed by atoms with E-state index in [1.165, 1.54) is 6.07 Å².